The SMILES string of the molecule is CC1(C)C(NC(=O)NCCCCn2ccnc2)C2CCCOC21. The minimum Gasteiger partial charge on any atom is -0.377 e. The molecule has 128 valence electrons. The molecule has 3 unspecified atom stereocenters. The van der Waals surface area contributed by atoms with Crippen molar-refractivity contribution in [2.24, 2.45) is 11.3 Å². The molecule has 23 heavy (non-hydrogen) atoms. The van der Waals surface area contributed by atoms with Crippen molar-refractivity contribution in [3.05, 3.63) is 18.7 Å². The summed E-state index contributed by atoms with van der Waals surface area (Å²) in [5.41, 5.74) is 0.0316. The summed E-state index contributed by atoms with van der Waals surface area (Å²) in [5, 5.41) is 6.14. The van der Waals surface area contributed by atoms with Gasteiger partial charge in [0.25, 0.3) is 0 Å². The van der Waals surface area contributed by atoms with Crippen LogP contribution >= 0.6 is 0 Å². The molecule has 2 amide bonds. The van der Waals surface area contributed by atoms with Crippen LogP contribution in [0.4, 0.5) is 4.79 Å². The summed E-state index contributed by atoms with van der Waals surface area (Å²) in [6.07, 6.45) is 10.1. The van der Waals surface area contributed by atoms with Crippen molar-refractivity contribution in [1.29, 1.82) is 0 Å². The zero-order chi connectivity index (χ0) is 16.3. The van der Waals surface area contributed by atoms with Crippen LogP contribution in [0.1, 0.15) is 39.5 Å². The van der Waals surface area contributed by atoms with Gasteiger partial charge in [-0.25, -0.2) is 9.78 Å². The van der Waals surface area contributed by atoms with E-state index >= 15 is 0 Å². The Kier molecular flexibility index (Phi) is 4.90. The van der Waals surface area contributed by atoms with Crippen LogP contribution in [-0.4, -0.2) is 40.9 Å². The number of rotatable bonds is 6. The topological polar surface area (TPSA) is 68.2 Å². The average molecular weight is 320 g/mol. The maximum Gasteiger partial charge on any atom is 0.315 e. The second-order valence-electron chi connectivity index (χ2n) is 7.30. The number of hydrogen-bond donors (Lipinski definition) is 2. The number of amides is 2. The van der Waals surface area contributed by atoms with Crippen LogP contribution in [0.3, 0.4) is 0 Å². The van der Waals surface area contributed by atoms with Crippen LogP contribution in [-0.2, 0) is 11.3 Å². The fourth-order valence-electron chi connectivity index (χ4n) is 4.05. The monoisotopic (exact) mass is 320 g/mol. The highest BCUT2D eigenvalue weighted by molar-refractivity contribution is 5.74. The first-order valence-corrected chi connectivity index (χ1v) is 8.71. The normalized spacial score (nSPS) is 28.5. The maximum atomic E-state index is 12.1. The van der Waals surface area contributed by atoms with Gasteiger partial charge in [0.2, 0.25) is 0 Å². The zero-order valence-corrected chi connectivity index (χ0v) is 14.1. The van der Waals surface area contributed by atoms with Gasteiger partial charge in [0.15, 0.2) is 0 Å². The lowest BCUT2D eigenvalue weighted by Gasteiger charge is -2.59. The number of aromatic nitrogens is 2. The minimum absolute atomic E-state index is 0.0316. The Labute approximate surface area is 138 Å². The van der Waals surface area contributed by atoms with Gasteiger partial charge in [-0.05, 0) is 25.7 Å². The Morgan fingerprint density at radius 1 is 1.43 bits per heavy atom. The molecule has 3 atom stereocenters. The van der Waals surface area contributed by atoms with Gasteiger partial charge in [0, 0.05) is 49.5 Å². The fourth-order valence-corrected chi connectivity index (χ4v) is 4.05. The van der Waals surface area contributed by atoms with E-state index in [9.17, 15) is 4.79 Å². The van der Waals surface area contributed by atoms with Crippen molar-refractivity contribution in [2.45, 2.75) is 58.2 Å². The average Bonchev–Trinajstić information content (AvgIpc) is 3.06. The molecule has 0 aromatic carbocycles. The first-order valence-electron chi connectivity index (χ1n) is 8.71. The molecule has 0 radical (unpaired) electrons. The molecule has 0 bridgehead atoms. The number of aryl methyl sites for hydroxylation is 1. The van der Waals surface area contributed by atoms with Gasteiger partial charge in [-0.15, -0.1) is 0 Å². The first kappa shape index (κ1) is 16.3. The number of imidazole rings is 1. The molecule has 6 nitrogen and oxygen atoms in total. The van der Waals surface area contributed by atoms with Gasteiger partial charge >= 0.3 is 6.03 Å². The third-order valence-electron chi connectivity index (χ3n) is 5.31. The number of carbonyl (C=O) groups excluding carboxylic acids is 1. The van der Waals surface area contributed by atoms with Gasteiger partial charge in [0.05, 0.1) is 12.4 Å². The van der Waals surface area contributed by atoms with Crippen molar-refractivity contribution in [3.63, 3.8) is 0 Å². The van der Waals surface area contributed by atoms with Crippen LogP contribution in [0.5, 0.6) is 0 Å². The third kappa shape index (κ3) is 3.52. The number of fused-ring (bicyclic) bond motifs is 1. The third-order valence-corrected chi connectivity index (χ3v) is 5.31. The molecule has 2 fully saturated rings. The summed E-state index contributed by atoms with van der Waals surface area (Å²) in [5.74, 6) is 0.478. The molecule has 1 saturated heterocycles. The second-order valence-corrected chi connectivity index (χ2v) is 7.30. The van der Waals surface area contributed by atoms with E-state index in [0.29, 0.717) is 18.6 Å². The Morgan fingerprint density at radius 2 is 2.30 bits per heavy atom. The number of urea groups is 1. The van der Waals surface area contributed by atoms with E-state index in [2.05, 4.69) is 34.0 Å². The lowest BCUT2D eigenvalue weighted by Crippen LogP contribution is -2.70. The Hall–Kier alpha value is -1.56. The number of nitrogens with one attached hydrogen (secondary N) is 2. The highest BCUT2D eigenvalue weighted by Gasteiger charge is 2.58. The van der Waals surface area contributed by atoms with E-state index in [4.69, 9.17) is 4.74 Å². The predicted molar refractivity (Wildman–Crippen MR) is 88.0 cm³/mol. The van der Waals surface area contributed by atoms with Crippen molar-refractivity contribution in [3.8, 4) is 0 Å². The highest BCUT2D eigenvalue weighted by Crippen LogP contribution is 2.51. The first-order chi connectivity index (χ1) is 11.1. The molecule has 1 aliphatic heterocycles. The molecule has 2 N–H and O–H groups in total. The van der Waals surface area contributed by atoms with Gasteiger partial charge in [0.1, 0.15) is 0 Å². The molecule has 6 heteroatoms. The molecule has 2 aliphatic rings. The van der Waals surface area contributed by atoms with E-state index in [1.807, 2.05) is 12.5 Å². The van der Waals surface area contributed by atoms with Crippen LogP contribution in [0.15, 0.2) is 18.7 Å². The Balaban J connectivity index is 1.34. The van der Waals surface area contributed by atoms with Gasteiger partial charge < -0.3 is 19.9 Å². The molecule has 1 saturated carbocycles. The number of unbranched alkanes of at least 4 members (excludes halogenated alkanes) is 1. The summed E-state index contributed by atoms with van der Waals surface area (Å²) >= 11 is 0. The van der Waals surface area contributed by atoms with E-state index in [1.165, 1.54) is 0 Å². The lowest BCUT2D eigenvalue weighted by molar-refractivity contribution is -0.189. The summed E-state index contributed by atoms with van der Waals surface area (Å²) < 4.78 is 7.93. The minimum atomic E-state index is -0.0465. The molecule has 1 aliphatic carbocycles. The summed E-state index contributed by atoms with van der Waals surface area (Å²) in [6.45, 7) is 6.89. The second kappa shape index (κ2) is 6.91. The van der Waals surface area contributed by atoms with Crippen LogP contribution in [0.2, 0.25) is 0 Å². The summed E-state index contributed by atoms with van der Waals surface area (Å²) in [6, 6.07) is 0.175. The molecule has 3 rings (SSSR count). The number of hydrogen-bond acceptors (Lipinski definition) is 3. The molecule has 1 aromatic rings. The van der Waals surface area contributed by atoms with Gasteiger partial charge in [-0.2, -0.15) is 0 Å². The van der Waals surface area contributed by atoms with E-state index in [0.717, 1.165) is 38.8 Å². The van der Waals surface area contributed by atoms with Crippen molar-refractivity contribution < 1.29 is 9.53 Å². The molecule has 2 heterocycles. The van der Waals surface area contributed by atoms with E-state index < -0.39 is 0 Å². The molecular weight excluding hydrogens is 292 g/mol. The van der Waals surface area contributed by atoms with Crippen LogP contribution < -0.4 is 10.6 Å². The summed E-state index contributed by atoms with van der Waals surface area (Å²) in [4.78, 5) is 16.1. The fraction of sp³-hybridized carbons (Fsp3) is 0.765. The maximum absolute atomic E-state index is 12.1. The number of nitrogens with zero attached hydrogens (tertiary/aromatic N) is 2. The van der Waals surface area contributed by atoms with Gasteiger partial charge in [-0.3, -0.25) is 0 Å². The molecular formula is C17H28N4O2. The van der Waals surface area contributed by atoms with Crippen LogP contribution in [0.25, 0.3) is 0 Å². The number of carbonyl (C=O) groups is 1. The standard InChI is InChI=1S/C17H28N4O2/c1-17(2)14(13-6-5-11-23-15(13)17)20-16(22)19-7-3-4-9-21-10-8-18-12-21/h8,10,12-15H,3-7,9,11H2,1-2H3,(H2,19,20,22). The number of ether oxygens (including phenoxy) is 1. The predicted octanol–water partition coefficient (Wildman–Crippen LogP) is 2.17. The largest absolute Gasteiger partial charge is 0.377 e. The van der Waals surface area contributed by atoms with Crippen molar-refractivity contribution >= 4 is 6.03 Å². The Bertz CT molecular complexity index is 515. The zero-order valence-electron chi connectivity index (χ0n) is 14.1. The van der Waals surface area contributed by atoms with Crippen molar-refractivity contribution in [1.82, 2.24) is 20.2 Å². The van der Waals surface area contributed by atoms with Gasteiger partial charge in [-0.1, -0.05) is 13.8 Å². The van der Waals surface area contributed by atoms with E-state index in [-0.39, 0.29) is 17.5 Å². The Morgan fingerprint density at radius 3 is 3.09 bits per heavy atom. The molecule has 1 aromatic heterocycles. The quantitative estimate of drug-likeness (QED) is 0.789. The lowest BCUT2D eigenvalue weighted by atomic mass is 9.55. The smallest absolute Gasteiger partial charge is 0.315 e. The van der Waals surface area contributed by atoms with Crippen molar-refractivity contribution in [2.75, 3.05) is 13.2 Å². The van der Waals surface area contributed by atoms with E-state index in [1.54, 1.807) is 6.20 Å². The highest BCUT2D eigenvalue weighted by atomic mass is 16.5. The van der Waals surface area contributed by atoms with Crippen LogP contribution in [0, 0.1) is 11.3 Å². The summed E-state index contributed by atoms with van der Waals surface area (Å²) in [7, 11) is 0. The molecule has 0 spiro atoms.